The molecule has 0 unspecified atom stereocenters. The van der Waals surface area contributed by atoms with Crippen molar-refractivity contribution in [3.05, 3.63) is 59.4 Å². The lowest BCUT2D eigenvalue weighted by Crippen LogP contribution is -2.30. The lowest BCUT2D eigenvalue weighted by Gasteiger charge is -2.28. The number of nitrogens with zero attached hydrogens (tertiary/aromatic N) is 3. The largest absolute Gasteiger partial charge is 0.356 e. The van der Waals surface area contributed by atoms with Crippen LogP contribution in [0.3, 0.4) is 0 Å². The van der Waals surface area contributed by atoms with Crippen molar-refractivity contribution in [2.24, 2.45) is 0 Å². The van der Waals surface area contributed by atoms with Crippen LogP contribution in [0.25, 0.3) is 10.9 Å². The summed E-state index contributed by atoms with van der Waals surface area (Å²) in [6.07, 6.45) is 5.23. The van der Waals surface area contributed by atoms with Crippen LogP contribution in [0, 0.1) is 0 Å². The van der Waals surface area contributed by atoms with Crippen LogP contribution < -0.4 is 10.2 Å². The predicted octanol–water partition coefficient (Wildman–Crippen LogP) is 4.53. The fourth-order valence-corrected chi connectivity index (χ4v) is 3.50. The average molecular weight is 367 g/mol. The van der Waals surface area contributed by atoms with E-state index in [1.54, 1.807) is 30.6 Å². The number of hydrogen-bond acceptors (Lipinski definition) is 4. The molecule has 2 aromatic carbocycles. The van der Waals surface area contributed by atoms with Crippen molar-refractivity contribution in [2.45, 2.75) is 19.3 Å². The third kappa shape index (κ3) is 3.48. The highest BCUT2D eigenvalue weighted by Crippen LogP contribution is 2.28. The Hall–Kier alpha value is -2.66. The molecule has 0 aliphatic carbocycles. The van der Waals surface area contributed by atoms with Gasteiger partial charge >= 0.3 is 0 Å². The molecule has 0 spiro atoms. The van der Waals surface area contributed by atoms with E-state index in [0.717, 1.165) is 35.5 Å². The number of piperidine rings is 1. The Kier molecular flexibility index (Phi) is 4.71. The van der Waals surface area contributed by atoms with Crippen molar-refractivity contribution >= 4 is 39.9 Å². The van der Waals surface area contributed by atoms with Crippen LogP contribution in [-0.4, -0.2) is 29.0 Å². The minimum Gasteiger partial charge on any atom is -0.356 e. The Morgan fingerprint density at radius 3 is 2.69 bits per heavy atom. The van der Waals surface area contributed by atoms with Gasteiger partial charge in [-0.25, -0.2) is 9.97 Å². The first kappa shape index (κ1) is 16.8. The summed E-state index contributed by atoms with van der Waals surface area (Å²) >= 11 is 5.97. The number of fused-ring (bicyclic) bond motifs is 1. The number of amides is 1. The van der Waals surface area contributed by atoms with Gasteiger partial charge in [-0.1, -0.05) is 17.7 Å². The van der Waals surface area contributed by atoms with Gasteiger partial charge in [0.1, 0.15) is 12.1 Å². The second-order valence-electron chi connectivity index (χ2n) is 6.44. The van der Waals surface area contributed by atoms with E-state index in [0.29, 0.717) is 10.6 Å². The lowest BCUT2D eigenvalue weighted by molar-refractivity contribution is 0.102. The maximum atomic E-state index is 12.5. The van der Waals surface area contributed by atoms with Crippen LogP contribution in [0.2, 0.25) is 5.02 Å². The van der Waals surface area contributed by atoms with Gasteiger partial charge < -0.3 is 10.2 Å². The molecule has 0 saturated carbocycles. The molecular weight excluding hydrogens is 348 g/mol. The summed E-state index contributed by atoms with van der Waals surface area (Å²) in [4.78, 5) is 23.6. The van der Waals surface area contributed by atoms with Gasteiger partial charge in [0.15, 0.2) is 0 Å². The molecule has 1 N–H and O–H groups in total. The smallest absolute Gasteiger partial charge is 0.255 e. The summed E-state index contributed by atoms with van der Waals surface area (Å²) in [5.41, 5.74) is 2.12. The number of hydrogen-bond donors (Lipinski definition) is 1. The quantitative estimate of drug-likeness (QED) is 0.740. The van der Waals surface area contributed by atoms with Crippen LogP contribution in [-0.2, 0) is 0 Å². The molecule has 4 rings (SSSR count). The lowest BCUT2D eigenvalue weighted by atomic mass is 10.1. The summed E-state index contributed by atoms with van der Waals surface area (Å²) in [5, 5.41) is 4.43. The molecule has 132 valence electrons. The highest BCUT2D eigenvalue weighted by molar-refractivity contribution is 6.31. The molecule has 1 aromatic heterocycles. The van der Waals surface area contributed by atoms with E-state index in [-0.39, 0.29) is 5.91 Å². The summed E-state index contributed by atoms with van der Waals surface area (Å²) < 4.78 is 0. The number of benzene rings is 2. The normalized spacial score (nSPS) is 14.4. The van der Waals surface area contributed by atoms with Gasteiger partial charge in [0.05, 0.1) is 5.52 Å². The van der Waals surface area contributed by atoms with Gasteiger partial charge in [0, 0.05) is 34.7 Å². The van der Waals surface area contributed by atoms with Crippen molar-refractivity contribution in [3.8, 4) is 0 Å². The number of rotatable bonds is 3. The number of nitrogens with one attached hydrogen (secondary N) is 1. The number of carbonyl (C=O) groups is 1. The Labute approximate surface area is 157 Å². The Bertz CT molecular complexity index is 953. The number of halogens is 1. The van der Waals surface area contributed by atoms with Crippen LogP contribution in [0.4, 0.5) is 11.5 Å². The fraction of sp³-hybridized carbons (Fsp3) is 0.250. The van der Waals surface area contributed by atoms with E-state index in [4.69, 9.17) is 11.6 Å². The first-order chi connectivity index (χ1) is 12.7. The molecule has 1 aliphatic rings. The Morgan fingerprint density at radius 2 is 1.88 bits per heavy atom. The highest BCUT2D eigenvalue weighted by Gasteiger charge is 2.16. The Balaban J connectivity index is 1.65. The van der Waals surface area contributed by atoms with Gasteiger partial charge in [0.25, 0.3) is 5.91 Å². The van der Waals surface area contributed by atoms with Crippen LogP contribution in [0.1, 0.15) is 29.6 Å². The van der Waals surface area contributed by atoms with Crippen molar-refractivity contribution in [1.82, 2.24) is 9.97 Å². The summed E-state index contributed by atoms with van der Waals surface area (Å²) in [6, 6.07) is 12.6. The van der Waals surface area contributed by atoms with Gasteiger partial charge in [-0.2, -0.15) is 0 Å². The SMILES string of the molecule is O=C(Nc1ccc2ncnc(N3CCCCC3)c2c1)c1cccc(Cl)c1. The molecule has 1 fully saturated rings. The summed E-state index contributed by atoms with van der Waals surface area (Å²) in [5.74, 6) is 0.747. The van der Waals surface area contributed by atoms with Crippen molar-refractivity contribution in [1.29, 1.82) is 0 Å². The number of carbonyl (C=O) groups excluding carboxylic acids is 1. The molecule has 1 amide bonds. The maximum Gasteiger partial charge on any atom is 0.255 e. The zero-order chi connectivity index (χ0) is 17.9. The molecular formula is C20H19ClN4O. The third-order valence-electron chi connectivity index (χ3n) is 4.61. The molecule has 6 heteroatoms. The molecule has 0 radical (unpaired) electrons. The first-order valence-electron chi connectivity index (χ1n) is 8.77. The van der Waals surface area contributed by atoms with E-state index in [1.807, 2.05) is 18.2 Å². The average Bonchev–Trinajstić information content (AvgIpc) is 2.68. The summed E-state index contributed by atoms with van der Waals surface area (Å²) in [6.45, 7) is 2.01. The van der Waals surface area contributed by atoms with Gasteiger partial charge in [-0.15, -0.1) is 0 Å². The molecule has 3 aromatic rings. The molecule has 0 bridgehead atoms. The van der Waals surface area contributed by atoms with E-state index in [9.17, 15) is 4.79 Å². The number of anilines is 2. The van der Waals surface area contributed by atoms with Crippen molar-refractivity contribution in [2.75, 3.05) is 23.3 Å². The minimum atomic E-state index is -0.191. The zero-order valence-corrected chi connectivity index (χ0v) is 15.0. The number of aromatic nitrogens is 2. The maximum absolute atomic E-state index is 12.5. The van der Waals surface area contributed by atoms with Gasteiger partial charge in [0.2, 0.25) is 0 Å². The second kappa shape index (κ2) is 7.30. The van der Waals surface area contributed by atoms with Gasteiger partial charge in [-0.3, -0.25) is 4.79 Å². The first-order valence-corrected chi connectivity index (χ1v) is 9.15. The highest BCUT2D eigenvalue weighted by atomic mass is 35.5. The van der Waals surface area contributed by atoms with Crippen LogP contribution in [0.15, 0.2) is 48.8 Å². The molecule has 2 heterocycles. The van der Waals surface area contributed by atoms with E-state index in [2.05, 4.69) is 20.2 Å². The topological polar surface area (TPSA) is 58.1 Å². The summed E-state index contributed by atoms with van der Waals surface area (Å²) in [7, 11) is 0. The fourth-order valence-electron chi connectivity index (χ4n) is 3.31. The Morgan fingerprint density at radius 1 is 1.04 bits per heavy atom. The zero-order valence-electron chi connectivity index (χ0n) is 14.3. The van der Waals surface area contributed by atoms with Crippen molar-refractivity contribution < 1.29 is 4.79 Å². The standard InChI is InChI=1S/C20H19ClN4O/c21-15-6-4-5-14(11-15)20(26)24-16-7-8-18-17(12-16)19(23-13-22-18)25-9-2-1-3-10-25/h4-8,11-13H,1-3,9-10H2,(H,24,26). The molecule has 0 atom stereocenters. The van der Waals surface area contributed by atoms with E-state index < -0.39 is 0 Å². The van der Waals surface area contributed by atoms with E-state index >= 15 is 0 Å². The van der Waals surface area contributed by atoms with Crippen LogP contribution in [0.5, 0.6) is 0 Å². The second-order valence-corrected chi connectivity index (χ2v) is 6.88. The van der Waals surface area contributed by atoms with Gasteiger partial charge in [-0.05, 0) is 55.7 Å². The molecule has 5 nitrogen and oxygen atoms in total. The predicted molar refractivity (Wildman–Crippen MR) is 105 cm³/mol. The minimum absolute atomic E-state index is 0.191. The third-order valence-corrected chi connectivity index (χ3v) is 4.85. The van der Waals surface area contributed by atoms with Crippen LogP contribution >= 0.6 is 11.6 Å². The molecule has 1 saturated heterocycles. The van der Waals surface area contributed by atoms with E-state index in [1.165, 1.54) is 19.3 Å². The molecule has 26 heavy (non-hydrogen) atoms. The molecule has 1 aliphatic heterocycles. The van der Waals surface area contributed by atoms with Crippen molar-refractivity contribution in [3.63, 3.8) is 0 Å². The monoisotopic (exact) mass is 366 g/mol.